The Bertz CT molecular complexity index is 493. The summed E-state index contributed by atoms with van der Waals surface area (Å²) in [5.74, 6) is -2.16. The third-order valence-corrected chi connectivity index (χ3v) is 2.55. The zero-order chi connectivity index (χ0) is 15.1. The van der Waals surface area contributed by atoms with E-state index >= 15 is 0 Å². The lowest BCUT2D eigenvalue weighted by Crippen LogP contribution is -2.45. The number of phenolic OH excluding ortho intramolecular Hbond substituents is 1. The Morgan fingerprint density at radius 3 is 2.75 bits per heavy atom. The summed E-state index contributed by atoms with van der Waals surface area (Å²) in [5, 5.41) is 14.4. The molecule has 0 radical (unpaired) electrons. The van der Waals surface area contributed by atoms with Crippen molar-refractivity contribution in [1.82, 2.24) is 10.6 Å². The molecule has 1 unspecified atom stereocenters. The first-order valence-electron chi connectivity index (χ1n) is 6.01. The molecule has 1 rings (SSSR count). The normalized spacial score (nSPS) is 11.8. The van der Waals surface area contributed by atoms with Gasteiger partial charge in [-0.15, -0.1) is 0 Å². The van der Waals surface area contributed by atoms with E-state index in [1.807, 2.05) is 0 Å². The average Bonchev–Trinajstić information content (AvgIpc) is 2.38. The monoisotopic (exact) mass is 284 g/mol. The standard InChI is InChI=1S/C13H17FN2O4/c1-8(12(18)15-5-6-20-2)16-13(19)10-4-3-9(14)7-11(10)17/h3-4,7-8,17H,5-6H2,1-2H3,(H,15,18)(H,16,19). The fourth-order valence-electron chi connectivity index (χ4n) is 1.47. The van der Waals surface area contributed by atoms with Crippen LogP contribution in [0.25, 0.3) is 0 Å². The third kappa shape index (κ3) is 4.51. The van der Waals surface area contributed by atoms with Gasteiger partial charge in [0, 0.05) is 19.7 Å². The maximum absolute atomic E-state index is 12.8. The number of amides is 2. The van der Waals surface area contributed by atoms with Crippen molar-refractivity contribution >= 4 is 11.8 Å². The van der Waals surface area contributed by atoms with Crippen LogP contribution in [0.3, 0.4) is 0 Å². The van der Waals surface area contributed by atoms with Gasteiger partial charge in [0.15, 0.2) is 0 Å². The molecule has 1 aromatic rings. The molecule has 0 spiro atoms. The quantitative estimate of drug-likeness (QED) is 0.660. The molecule has 1 atom stereocenters. The van der Waals surface area contributed by atoms with Gasteiger partial charge in [-0.1, -0.05) is 0 Å². The van der Waals surface area contributed by atoms with Crippen LogP contribution in [-0.4, -0.2) is 43.2 Å². The Labute approximate surface area is 115 Å². The second-order valence-electron chi connectivity index (χ2n) is 4.14. The van der Waals surface area contributed by atoms with Gasteiger partial charge in [-0.2, -0.15) is 0 Å². The van der Waals surface area contributed by atoms with Crippen molar-refractivity contribution in [1.29, 1.82) is 0 Å². The lowest BCUT2D eigenvalue weighted by atomic mass is 10.1. The van der Waals surface area contributed by atoms with Crippen molar-refractivity contribution in [2.24, 2.45) is 0 Å². The molecule has 7 heteroatoms. The van der Waals surface area contributed by atoms with E-state index in [4.69, 9.17) is 4.74 Å². The molecule has 0 fully saturated rings. The number of hydrogen-bond acceptors (Lipinski definition) is 4. The molecule has 0 aliphatic heterocycles. The fourth-order valence-corrected chi connectivity index (χ4v) is 1.47. The molecule has 2 amide bonds. The van der Waals surface area contributed by atoms with Gasteiger partial charge in [0.25, 0.3) is 5.91 Å². The van der Waals surface area contributed by atoms with Crippen molar-refractivity contribution in [3.8, 4) is 5.75 Å². The van der Waals surface area contributed by atoms with Crippen LogP contribution < -0.4 is 10.6 Å². The van der Waals surface area contributed by atoms with Gasteiger partial charge < -0.3 is 20.5 Å². The smallest absolute Gasteiger partial charge is 0.255 e. The van der Waals surface area contributed by atoms with Crippen LogP contribution in [0.15, 0.2) is 18.2 Å². The minimum absolute atomic E-state index is 0.0945. The zero-order valence-corrected chi connectivity index (χ0v) is 11.3. The van der Waals surface area contributed by atoms with E-state index in [2.05, 4.69) is 10.6 Å². The molecule has 1 aromatic carbocycles. The number of methoxy groups -OCH3 is 1. The first-order valence-corrected chi connectivity index (χ1v) is 6.01. The highest BCUT2D eigenvalue weighted by Gasteiger charge is 2.18. The molecule has 3 N–H and O–H groups in total. The van der Waals surface area contributed by atoms with Crippen LogP contribution in [0.4, 0.5) is 4.39 Å². The maximum Gasteiger partial charge on any atom is 0.255 e. The van der Waals surface area contributed by atoms with E-state index in [1.54, 1.807) is 0 Å². The Kier molecular flexibility index (Phi) is 5.92. The molecule has 0 saturated carbocycles. The second kappa shape index (κ2) is 7.44. The van der Waals surface area contributed by atoms with Crippen molar-refractivity contribution < 1.29 is 23.8 Å². The Balaban J connectivity index is 2.58. The number of nitrogens with one attached hydrogen (secondary N) is 2. The summed E-state index contributed by atoms with van der Waals surface area (Å²) in [7, 11) is 1.51. The largest absolute Gasteiger partial charge is 0.507 e. The molecule has 0 aliphatic rings. The first kappa shape index (κ1) is 15.9. The number of carbonyl (C=O) groups is 2. The number of rotatable bonds is 6. The summed E-state index contributed by atoms with van der Waals surface area (Å²) in [6, 6.07) is 2.25. The van der Waals surface area contributed by atoms with Crippen LogP contribution in [0.2, 0.25) is 0 Å². The highest BCUT2D eigenvalue weighted by atomic mass is 19.1. The van der Waals surface area contributed by atoms with Crippen molar-refractivity contribution in [2.45, 2.75) is 13.0 Å². The summed E-state index contributed by atoms with van der Waals surface area (Å²) in [4.78, 5) is 23.4. The molecule has 0 heterocycles. The van der Waals surface area contributed by atoms with Crippen molar-refractivity contribution in [3.05, 3.63) is 29.6 Å². The summed E-state index contributed by atoms with van der Waals surface area (Å²) >= 11 is 0. The molecule has 0 bridgehead atoms. The number of carbonyl (C=O) groups excluding carboxylic acids is 2. The number of benzene rings is 1. The van der Waals surface area contributed by atoms with E-state index in [1.165, 1.54) is 14.0 Å². The van der Waals surface area contributed by atoms with Crippen LogP contribution in [0.1, 0.15) is 17.3 Å². The van der Waals surface area contributed by atoms with Gasteiger partial charge in [-0.25, -0.2) is 4.39 Å². The second-order valence-corrected chi connectivity index (χ2v) is 4.14. The minimum atomic E-state index is -0.788. The lowest BCUT2D eigenvalue weighted by molar-refractivity contribution is -0.122. The van der Waals surface area contributed by atoms with E-state index in [-0.39, 0.29) is 11.5 Å². The highest BCUT2D eigenvalue weighted by Crippen LogP contribution is 2.17. The van der Waals surface area contributed by atoms with Crippen LogP contribution in [0.5, 0.6) is 5.75 Å². The highest BCUT2D eigenvalue weighted by molar-refractivity contribution is 5.99. The van der Waals surface area contributed by atoms with Crippen molar-refractivity contribution in [3.63, 3.8) is 0 Å². The molecule has 0 aromatic heterocycles. The third-order valence-electron chi connectivity index (χ3n) is 2.55. The zero-order valence-electron chi connectivity index (χ0n) is 11.3. The summed E-state index contributed by atoms with van der Waals surface area (Å²) < 4.78 is 17.6. The van der Waals surface area contributed by atoms with Crippen LogP contribution in [-0.2, 0) is 9.53 Å². The Hall–Kier alpha value is -2.15. The predicted molar refractivity (Wildman–Crippen MR) is 69.9 cm³/mol. The van der Waals surface area contributed by atoms with Gasteiger partial charge in [0.1, 0.15) is 17.6 Å². The maximum atomic E-state index is 12.8. The molecule has 0 aliphatic carbocycles. The molecular weight excluding hydrogens is 267 g/mol. The SMILES string of the molecule is COCCNC(=O)C(C)NC(=O)c1ccc(F)cc1O. The molecular formula is C13H17FN2O4. The summed E-state index contributed by atoms with van der Waals surface area (Å²) in [5.41, 5.74) is -0.0945. The number of ether oxygens (including phenoxy) is 1. The number of aromatic hydroxyl groups is 1. The number of hydrogen-bond donors (Lipinski definition) is 3. The van der Waals surface area contributed by atoms with E-state index in [9.17, 15) is 19.1 Å². The van der Waals surface area contributed by atoms with Crippen LogP contribution >= 0.6 is 0 Å². The lowest BCUT2D eigenvalue weighted by Gasteiger charge is -2.14. The van der Waals surface area contributed by atoms with Gasteiger partial charge in [0.2, 0.25) is 5.91 Å². The van der Waals surface area contributed by atoms with Gasteiger partial charge in [-0.05, 0) is 19.1 Å². The van der Waals surface area contributed by atoms with Crippen molar-refractivity contribution in [2.75, 3.05) is 20.3 Å². The Morgan fingerprint density at radius 1 is 1.45 bits per heavy atom. The van der Waals surface area contributed by atoms with Gasteiger partial charge in [0.05, 0.1) is 12.2 Å². The molecule has 6 nitrogen and oxygen atoms in total. The summed E-state index contributed by atoms with van der Waals surface area (Å²) in [6.45, 7) is 2.20. The van der Waals surface area contributed by atoms with Gasteiger partial charge >= 0.3 is 0 Å². The molecule has 0 saturated heterocycles. The van der Waals surface area contributed by atoms with E-state index in [0.717, 1.165) is 18.2 Å². The number of halogens is 1. The molecule has 110 valence electrons. The predicted octanol–water partition coefficient (Wildman–Crippen LogP) is 0.412. The Morgan fingerprint density at radius 2 is 2.15 bits per heavy atom. The van der Waals surface area contributed by atoms with E-state index in [0.29, 0.717) is 13.2 Å². The fraction of sp³-hybridized carbons (Fsp3) is 0.385. The van der Waals surface area contributed by atoms with Gasteiger partial charge in [-0.3, -0.25) is 9.59 Å². The number of phenols is 1. The topological polar surface area (TPSA) is 87.7 Å². The average molecular weight is 284 g/mol. The van der Waals surface area contributed by atoms with E-state index < -0.39 is 23.5 Å². The molecule has 20 heavy (non-hydrogen) atoms. The first-order chi connectivity index (χ1) is 9.45. The minimum Gasteiger partial charge on any atom is -0.507 e. The van der Waals surface area contributed by atoms with Crippen LogP contribution in [0, 0.1) is 5.82 Å². The summed E-state index contributed by atoms with van der Waals surface area (Å²) in [6.07, 6.45) is 0.